The first-order valence-electron chi connectivity index (χ1n) is 5.26. The van der Waals surface area contributed by atoms with Gasteiger partial charge in [-0.2, -0.15) is 11.3 Å². The first kappa shape index (κ1) is 10.2. The molecule has 0 radical (unpaired) electrons. The largest absolute Gasteiger partial charge is 0.488 e. The van der Waals surface area contributed by atoms with Crippen molar-refractivity contribution < 1.29 is 4.74 Å². The number of fused-ring (bicyclic) bond motifs is 1. The monoisotopic (exact) mass is 242 g/mol. The molecule has 0 N–H and O–H groups in total. The summed E-state index contributed by atoms with van der Waals surface area (Å²) in [5.74, 6) is 0.828. The minimum Gasteiger partial charge on any atom is -0.488 e. The summed E-state index contributed by atoms with van der Waals surface area (Å²) < 4.78 is 5.79. The minimum absolute atomic E-state index is 0.581. The Balaban J connectivity index is 1.90. The van der Waals surface area contributed by atoms with E-state index in [0.29, 0.717) is 6.61 Å². The molecule has 1 aromatic carbocycles. The van der Waals surface area contributed by atoms with Crippen molar-refractivity contribution in [3.8, 4) is 5.75 Å². The van der Waals surface area contributed by atoms with Gasteiger partial charge in [-0.15, -0.1) is 0 Å². The Morgan fingerprint density at radius 3 is 3.12 bits per heavy atom. The smallest absolute Gasteiger partial charge is 0.130 e. The number of nitrogens with zero attached hydrogens (tertiary/aromatic N) is 2. The van der Waals surface area contributed by atoms with E-state index in [1.54, 1.807) is 23.9 Å². The van der Waals surface area contributed by atoms with Gasteiger partial charge >= 0.3 is 0 Å². The van der Waals surface area contributed by atoms with E-state index in [4.69, 9.17) is 4.74 Å². The Labute approximate surface area is 103 Å². The number of hydrogen-bond donors (Lipinski definition) is 0. The number of thiophene rings is 1. The van der Waals surface area contributed by atoms with Crippen LogP contribution in [0.3, 0.4) is 0 Å². The molecule has 0 aliphatic heterocycles. The summed E-state index contributed by atoms with van der Waals surface area (Å²) in [5.41, 5.74) is 2.09. The van der Waals surface area contributed by atoms with Gasteiger partial charge in [0.15, 0.2) is 0 Å². The molecule has 0 unspecified atom stereocenters. The maximum Gasteiger partial charge on any atom is 0.130 e. The standard InChI is InChI=1S/C13H10N2OS/c1-2-12-11(6-14-9-15-12)13(3-1)16-7-10-4-5-17-8-10/h1-6,8-9H,7H2. The molecule has 3 nitrogen and oxygen atoms in total. The number of benzene rings is 1. The molecule has 0 saturated heterocycles. The van der Waals surface area contributed by atoms with E-state index in [1.165, 1.54) is 5.56 Å². The summed E-state index contributed by atoms with van der Waals surface area (Å²) in [6.07, 6.45) is 3.33. The molecule has 0 fully saturated rings. The van der Waals surface area contributed by atoms with Gasteiger partial charge in [-0.05, 0) is 34.5 Å². The predicted octanol–water partition coefficient (Wildman–Crippen LogP) is 3.27. The SMILES string of the molecule is c1cc(OCc2ccsc2)c2cncnc2c1. The van der Waals surface area contributed by atoms with Crippen LogP contribution in [0.4, 0.5) is 0 Å². The number of ether oxygens (including phenoxy) is 1. The lowest BCUT2D eigenvalue weighted by Gasteiger charge is -2.07. The van der Waals surface area contributed by atoms with Gasteiger partial charge in [-0.3, -0.25) is 0 Å². The fourth-order valence-electron chi connectivity index (χ4n) is 1.64. The Morgan fingerprint density at radius 2 is 2.24 bits per heavy atom. The molecule has 4 heteroatoms. The fourth-order valence-corrected chi connectivity index (χ4v) is 2.29. The summed E-state index contributed by atoms with van der Waals surface area (Å²) in [7, 11) is 0. The summed E-state index contributed by atoms with van der Waals surface area (Å²) in [4.78, 5) is 8.23. The minimum atomic E-state index is 0.581. The molecule has 0 atom stereocenters. The maximum absolute atomic E-state index is 5.79. The van der Waals surface area contributed by atoms with Crippen molar-refractivity contribution in [2.24, 2.45) is 0 Å². The summed E-state index contributed by atoms with van der Waals surface area (Å²) >= 11 is 1.67. The maximum atomic E-state index is 5.79. The lowest BCUT2D eigenvalue weighted by Crippen LogP contribution is -1.95. The average Bonchev–Trinajstić information content (AvgIpc) is 2.89. The summed E-state index contributed by atoms with van der Waals surface area (Å²) in [6, 6.07) is 7.90. The van der Waals surface area contributed by atoms with Crippen LogP contribution in [0.2, 0.25) is 0 Å². The molecular formula is C13H10N2OS. The van der Waals surface area contributed by atoms with Crippen LogP contribution in [0.15, 0.2) is 47.5 Å². The van der Waals surface area contributed by atoms with Crippen LogP contribution in [0.1, 0.15) is 5.56 Å². The quantitative estimate of drug-likeness (QED) is 0.707. The van der Waals surface area contributed by atoms with Gasteiger partial charge in [0.05, 0.1) is 10.9 Å². The molecule has 2 aromatic heterocycles. The van der Waals surface area contributed by atoms with Crippen LogP contribution in [0.5, 0.6) is 5.75 Å². The van der Waals surface area contributed by atoms with E-state index in [1.807, 2.05) is 23.6 Å². The third-order valence-electron chi connectivity index (χ3n) is 2.48. The average molecular weight is 242 g/mol. The third kappa shape index (κ3) is 2.12. The van der Waals surface area contributed by atoms with Crippen LogP contribution >= 0.6 is 11.3 Å². The second-order valence-electron chi connectivity index (χ2n) is 3.63. The molecule has 0 spiro atoms. The molecular weight excluding hydrogens is 232 g/mol. The molecule has 84 valence electrons. The van der Waals surface area contributed by atoms with Gasteiger partial charge in [-0.1, -0.05) is 6.07 Å². The van der Waals surface area contributed by atoms with E-state index in [0.717, 1.165) is 16.7 Å². The van der Waals surface area contributed by atoms with E-state index in [-0.39, 0.29) is 0 Å². The molecule has 0 aliphatic rings. The van der Waals surface area contributed by atoms with E-state index >= 15 is 0 Å². The lowest BCUT2D eigenvalue weighted by molar-refractivity contribution is 0.310. The molecule has 17 heavy (non-hydrogen) atoms. The van der Waals surface area contributed by atoms with E-state index in [9.17, 15) is 0 Å². The van der Waals surface area contributed by atoms with E-state index < -0.39 is 0 Å². The molecule has 0 saturated carbocycles. The van der Waals surface area contributed by atoms with E-state index in [2.05, 4.69) is 21.4 Å². The van der Waals surface area contributed by atoms with Crippen LogP contribution in [-0.2, 0) is 6.61 Å². The van der Waals surface area contributed by atoms with Gasteiger partial charge in [-0.25, -0.2) is 9.97 Å². The Bertz CT molecular complexity index is 617. The van der Waals surface area contributed by atoms with Crippen molar-refractivity contribution >= 4 is 22.2 Å². The topological polar surface area (TPSA) is 35.0 Å². The highest BCUT2D eigenvalue weighted by molar-refractivity contribution is 7.07. The van der Waals surface area contributed by atoms with Gasteiger partial charge in [0.2, 0.25) is 0 Å². The zero-order valence-electron chi connectivity index (χ0n) is 9.04. The molecule has 0 amide bonds. The van der Waals surface area contributed by atoms with Crippen molar-refractivity contribution in [1.29, 1.82) is 0 Å². The number of aromatic nitrogens is 2. The zero-order valence-corrected chi connectivity index (χ0v) is 9.85. The second-order valence-corrected chi connectivity index (χ2v) is 4.41. The lowest BCUT2D eigenvalue weighted by atomic mass is 10.2. The van der Waals surface area contributed by atoms with Crippen molar-refractivity contribution in [3.63, 3.8) is 0 Å². The van der Waals surface area contributed by atoms with Crippen LogP contribution < -0.4 is 4.74 Å². The van der Waals surface area contributed by atoms with Gasteiger partial charge in [0.1, 0.15) is 18.7 Å². The van der Waals surface area contributed by atoms with Crippen molar-refractivity contribution in [2.45, 2.75) is 6.61 Å². The highest BCUT2D eigenvalue weighted by Crippen LogP contribution is 2.24. The number of rotatable bonds is 3. The zero-order chi connectivity index (χ0) is 11.5. The summed E-state index contributed by atoms with van der Waals surface area (Å²) in [6.45, 7) is 0.581. The van der Waals surface area contributed by atoms with Crippen LogP contribution in [0.25, 0.3) is 10.9 Å². The summed E-state index contributed by atoms with van der Waals surface area (Å²) in [5, 5.41) is 5.08. The second kappa shape index (κ2) is 4.51. The normalized spacial score (nSPS) is 10.6. The molecule has 3 aromatic rings. The first-order valence-corrected chi connectivity index (χ1v) is 6.20. The first-order chi connectivity index (χ1) is 8.43. The molecule has 3 rings (SSSR count). The molecule has 0 bridgehead atoms. The van der Waals surface area contributed by atoms with Crippen LogP contribution in [0, 0.1) is 0 Å². The molecule has 2 heterocycles. The molecule has 0 aliphatic carbocycles. The Kier molecular flexibility index (Phi) is 2.71. The van der Waals surface area contributed by atoms with Gasteiger partial charge in [0.25, 0.3) is 0 Å². The van der Waals surface area contributed by atoms with Gasteiger partial charge in [0, 0.05) is 6.20 Å². The van der Waals surface area contributed by atoms with Crippen molar-refractivity contribution in [1.82, 2.24) is 9.97 Å². The van der Waals surface area contributed by atoms with Crippen molar-refractivity contribution in [3.05, 3.63) is 53.1 Å². The van der Waals surface area contributed by atoms with Gasteiger partial charge < -0.3 is 4.74 Å². The Hall–Kier alpha value is -1.94. The Morgan fingerprint density at radius 1 is 1.24 bits per heavy atom. The van der Waals surface area contributed by atoms with Crippen molar-refractivity contribution in [2.75, 3.05) is 0 Å². The number of hydrogen-bond acceptors (Lipinski definition) is 4. The van der Waals surface area contributed by atoms with Crippen LogP contribution in [-0.4, -0.2) is 9.97 Å². The fraction of sp³-hybridized carbons (Fsp3) is 0.0769. The highest BCUT2D eigenvalue weighted by Gasteiger charge is 2.03. The highest BCUT2D eigenvalue weighted by atomic mass is 32.1. The predicted molar refractivity (Wildman–Crippen MR) is 68.2 cm³/mol. The third-order valence-corrected chi connectivity index (χ3v) is 3.22.